The number of nitrogen functional groups attached to an aromatic ring is 1. The molecule has 90 valence electrons. The fourth-order valence-corrected chi connectivity index (χ4v) is 1.97. The molecule has 0 atom stereocenters. The maximum atomic E-state index is 5.47. The van der Waals surface area contributed by atoms with E-state index in [4.69, 9.17) is 5.73 Å². The molecule has 0 bridgehead atoms. The van der Waals surface area contributed by atoms with Gasteiger partial charge in [0.05, 0.1) is 0 Å². The summed E-state index contributed by atoms with van der Waals surface area (Å²) in [6, 6.07) is 14.5. The number of benzene rings is 2. The molecule has 1 aromatic heterocycles. The second kappa shape index (κ2) is 4.37. The zero-order valence-electron chi connectivity index (χ0n) is 9.72. The van der Waals surface area contributed by atoms with E-state index < -0.39 is 0 Å². The van der Waals surface area contributed by atoms with Crippen molar-refractivity contribution in [2.24, 2.45) is 0 Å². The van der Waals surface area contributed by atoms with Crippen molar-refractivity contribution >= 4 is 22.7 Å². The predicted octanol–water partition coefficient (Wildman–Crippen LogP) is 2.15. The Balaban J connectivity index is 1.86. The molecule has 0 spiro atoms. The monoisotopic (exact) mass is 239 g/mol. The molecule has 18 heavy (non-hydrogen) atoms. The fraction of sp³-hybridized carbons (Fsp3) is 0.0769. The normalized spacial score (nSPS) is 10.7. The second-order valence-electron chi connectivity index (χ2n) is 4.04. The van der Waals surface area contributed by atoms with E-state index in [0.29, 0.717) is 18.4 Å². The highest BCUT2D eigenvalue weighted by molar-refractivity contribution is 5.85. The molecular formula is C13H13N5. The molecule has 3 rings (SSSR count). The van der Waals surface area contributed by atoms with Crippen molar-refractivity contribution in [2.45, 2.75) is 6.54 Å². The van der Waals surface area contributed by atoms with Gasteiger partial charge in [-0.2, -0.15) is 4.98 Å². The highest BCUT2D eigenvalue weighted by Gasteiger charge is 2.02. The van der Waals surface area contributed by atoms with Gasteiger partial charge in [0, 0.05) is 6.54 Å². The van der Waals surface area contributed by atoms with E-state index in [2.05, 4.69) is 44.8 Å². The Morgan fingerprint density at radius 2 is 1.94 bits per heavy atom. The van der Waals surface area contributed by atoms with Crippen molar-refractivity contribution in [1.29, 1.82) is 0 Å². The summed E-state index contributed by atoms with van der Waals surface area (Å²) in [5.74, 6) is 0.829. The topological polar surface area (TPSA) is 79.6 Å². The van der Waals surface area contributed by atoms with E-state index in [1.54, 1.807) is 0 Å². The number of aromatic amines is 1. The van der Waals surface area contributed by atoms with E-state index >= 15 is 0 Å². The van der Waals surface area contributed by atoms with Crippen molar-refractivity contribution in [3.05, 3.63) is 48.0 Å². The molecule has 4 N–H and O–H groups in total. The zero-order chi connectivity index (χ0) is 12.4. The molecule has 1 heterocycles. The lowest BCUT2D eigenvalue weighted by Crippen LogP contribution is -2.01. The van der Waals surface area contributed by atoms with Crippen LogP contribution in [0.15, 0.2) is 42.5 Å². The van der Waals surface area contributed by atoms with Crippen LogP contribution in [-0.4, -0.2) is 15.2 Å². The molecule has 5 nitrogen and oxygen atoms in total. The van der Waals surface area contributed by atoms with Crippen molar-refractivity contribution in [3.63, 3.8) is 0 Å². The molecule has 0 unspecified atom stereocenters. The number of hydrogen-bond acceptors (Lipinski definition) is 4. The molecule has 0 aliphatic heterocycles. The molecule has 0 radical (unpaired) electrons. The number of nitrogens with two attached hydrogens (primary N) is 1. The lowest BCUT2D eigenvalue weighted by Gasteiger charge is -2.06. The summed E-state index contributed by atoms with van der Waals surface area (Å²) in [5, 5.41) is 12.1. The maximum Gasteiger partial charge on any atom is 0.243 e. The first-order chi connectivity index (χ1) is 8.83. The largest absolute Gasteiger partial charge is 0.368 e. The smallest absolute Gasteiger partial charge is 0.243 e. The Morgan fingerprint density at radius 1 is 1.11 bits per heavy atom. The third kappa shape index (κ3) is 1.98. The van der Waals surface area contributed by atoms with Gasteiger partial charge in [-0.1, -0.05) is 42.5 Å². The van der Waals surface area contributed by atoms with Gasteiger partial charge in [-0.3, -0.25) is 0 Å². The number of fused-ring (bicyclic) bond motifs is 1. The first kappa shape index (κ1) is 10.6. The third-order valence-corrected chi connectivity index (χ3v) is 2.82. The van der Waals surface area contributed by atoms with Crippen LogP contribution in [0.25, 0.3) is 10.8 Å². The lowest BCUT2D eigenvalue weighted by molar-refractivity contribution is 1.05. The van der Waals surface area contributed by atoms with Crippen molar-refractivity contribution in [2.75, 3.05) is 11.1 Å². The quantitative estimate of drug-likeness (QED) is 0.654. The molecule has 0 fully saturated rings. The van der Waals surface area contributed by atoms with Crippen LogP contribution >= 0.6 is 0 Å². The SMILES string of the molecule is Nc1nc(NCc2cccc3ccccc23)n[nH]1. The standard InChI is InChI=1S/C13H13N5/c14-12-16-13(18-17-12)15-8-10-6-3-5-9-4-1-2-7-11(9)10/h1-7H,8H2,(H4,14,15,16,17,18). The van der Waals surface area contributed by atoms with Crippen LogP contribution in [0.1, 0.15) is 5.56 Å². The van der Waals surface area contributed by atoms with Crippen molar-refractivity contribution < 1.29 is 0 Å². The van der Waals surface area contributed by atoms with E-state index in [1.807, 2.05) is 18.2 Å². The zero-order valence-corrected chi connectivity index (χ0v) is 9.72. The van der Waals surface area contributed by atoms with Crippen LogP contribution in [0.3, 0.4) is 0 Å². The number of hydrogen-bond donors (Lipinski definition) is 3. The van der Waals surface area contributed by atoms with Gasteiger partial charge in [0.1, 0.15) is 0 Å². The summed E-state index contributed by atoms with van der Waals surface area (Å²) >= 11 is 0. The molecule has 0 saturated heterocycles. The average Bonchev–Trinajstić information content (AvgIpc) is 2.82. The van der Waals surface area contributed by atoms with Crippen LogP contribution in [0.2, 0.25) is 0 Å². The van der Waals surface area contributed by atoms with Gasteiger partial charge >= 0.3 is 0 Å². The van der Waals surface area contributed by atoms with Gasteiger partial charge in [0.2, 0.25) is 11.9 Å². The molecule has 2 aromatic carbocycles. The minimum Gasteiger partial charge on any atom is -0.368 e. The van der Waals surface area contributed by atoms with Gasteiger partial charge in [-0.25, -0.2) is 5.10 Å². The molecule has 0 aliphatic carbocycles. The fourth-order valence-electron chi connectivity index (χ4n) is 1.97. The number of anilines is 2. The van der Waals surface area contributed by atoms with Gasteiger partial charge in [-0.05, 0) is 16.3 Å². The van der Waals surface area contributed by atoms with Gasteiger partial charge < -0.3 is 11.1 Å². The van der Waals surface area contributed by atoms with E-state index in [-0.39, 0.29) is 0 Å². The van der Waals surface area contributed by atoms with Gasteiger partial charge in [-0.15, -0.1) is 5.10 Å². The van der Waals surface area contributed by atoms with E-state index in [1.165, 1.54) is 16.3 Å². The van der Waals surface area contributed by atoms with Crippen LogP contribution in [-0.2, 0) is 6.54 Å². The molecule has 5 heteroatoms. The van der Waals surface area contributed by atoms with Gasteiger partial charge in [0.25, 0.3) is 0 Å². The number of nitrogens with one attached hydrogen (secondary N) is 2. The van der Waals surface area contributed by atoms with Crippen molar-refractivity contribution in [3.8, 4) is 0 Å². The number of rotatable bonds is 3. The Morgan fingerprint density at radius 3 is 2.78 bits per heavy atom. The number of aromatic nitrogens is 3. The summed E-state index contributed by atoms with van der Waals surface area (Å²) in [4.78, 5) is 4.01. The summed E-state index contributed by atoms with van der Waals surface area (Å²) in [6.45, 7) is 0.665. The van der Waals surface area contributed by atoms with E-state index in [0.717, 1.165) is 0 Å². The summed E-state index contributed by atoms with van der Waals surface area (Å²) in [7, 11) is 0. The van der Waals surface area contributed by atoms with Crippen LogP contribution < -0.4 is 11.1 Å². The second-order valence-corrected chi connectivity index (χ2v) is 4.04. The molecule has 0 aliphatic rings. The minimum atomic E-state index is 0.315. The third-order valence-electron chi connectivity index (χ3n) is 2.82. The maximum absolute atomic E-state index is 5.47. The van der Waals surface area contributed by atoms with Crippen LogP contribution in [0, 0.1) is 0 Å². The van der Waals surface area contributed by atoms with Crippen LogP contribution in [0.4, 0.5) is 11.9 Å². The van der Waals surface area contributed by atoms with E-state index in [9.17, 15) is 0 Å². The Labute approximate surface area is 104 Å². The van der Waals surface area contributed by atoms with Gasteiger partial charge in [0.15, 0.2) is 0 Å². The summed E-state index contributed by atoms with van der Waals surface area (Å²) < 4.78 is 0. The summed E-state index contributed by atoms with van der Waals surface area (Å²) in [6.07, 6.45) is 0. The molecule has 0 saturated carbocycles. The lowest BCUT2D eigenvalue weighted by atomic mass is 10.0. The summed E-state index contributed by atoms with van der Waals surface area (Å²) in [5.41, 5.74) is 6.67. The average molecular weight is 239 g/mol. The Kier molecular flexibility index (Phi) is 2.57. The minimum absolute atomic E-state index is 0.315. The Hall–Kier alpha value is -2.56. The highest BCUT2D eigenvalue weighted by atomic mass is 15.3. The highest BCUT2D eigenvalue weighted by Crippen LogP contribution is 2.19. The number of nitrogens with zero attached hydrogens (tertiary/aromatic N) is 2. The first-order valence-electron chi connectivity index (χ1n) is 5.71. The van der Waals surface area contributed by atoms with Crippen LogP contribution in [0.5, 0.6) is 0 Å². The van der Waals surface area contributed by atoms with Crippen molar-refractivity contribution in [1.82, 2.24) is 15.2 Å². The number of H-pyrrole nitrogens is 1. The molecule has 0 amide bonds. The predicted molar refractivity (Wildman–Crippen MR) is 72.1 cm³/mol. The molecular weight excluding hydrogens is 226 g/mol. The Bertz CT molecular complexity index is 668. The molecule has 3 aromatic rings. The first-order valence-corrected chi connectivity index (χ1v) is 5.71.